The van der Waals surface area contributed by atoms with Crippen LogP contribution < -0.4 is 15.8 Å². The summed E-state index contributed by atoms with van der Waals surface area (Å²) in [6, 6.07) is 8.53. The fourth-order valence-corrected chi connectivity index (χ4v) is 1.37. The first-order valence-corrected chi connectivity index (χ1v) is 5.32. The van der Waals surface area contributed by atoms with E-state index >= 15 is 0 Å². The Balaban J connectivity index is 2.37. The first-order chi connectivity index (χ1) is 7.26. The summed E-state index contributed by atoms with van der Waals surface area (Å²) in [7, 11) is 1.69. The number of hydrogen-bond donors (Lipinski definition) is 2. The number of methoxy groups -OCH3 is 1. The summed E-state index contributed by atoms with van der Waals surface area (Å²) in [5.74, 6) is 0.916. The number of hydrogen-bond acceptors (Lipinski definition) is 3. The Labute approximate surface area is 91.6 Å². The summed E-state index contributed by atoms with van der Waals surface area (Å²) >= 11 is 0. The lowest BCUT2D eigenvalue weighted by Gasteiger charge is -2.11. The number of rotatable bonds is 6. The van der Waals surface area contributed by atoms with Gasteiger partial charge in [-0.15, -0.1) is 0 Å². The van der Waals surface area contributed by atoms with Crippen LogP contribution in [-0.2, 0) is 6.42 Å². The summed E-state index contributed by atoms with van der Waals surface area (Å²) in [5.41, 5.74) is 6.80. The Bertz CT molecular complexity index is 289. The van der Waals surface area contributed by atoms with Crippen LogP contribution in [0.4, 0.5) is 0 Å². The fourth-order valence-electron chi connectivity index (χ4n) is 1.37. The molecule has 3 N–H and O–H groups in total. The topological polar surface area (TPSA) is 47.3 Å². The first-order valence-electron chi connectivity index (χ1n) is 5.32. The van der Waals surface area contributed by atoms with Crippen LogP contribution >= 0.6 is 0 Å². The first kappa shape index (κ1) is 12.0. The molecule has 1 atom stereocenters. The Morgan fingerprint density at radius 3 is 2.93 bits per heavy atom. The predicted molar refractivity (Wildman–Crippen MR) is 63.2 cm³/mol. The van der Waals surface area contributed by atoms with Gasteiger partial charge in [-0.25, -0.2) is 0 Å². The SMILES string of the molecule is COc1cccc(CCN[C@H](C)CN)c1. The van der Waals surface area contributed by atoms with E-state index in [4.69, 9.17) is 10.5 Å². The van der Waals surface area contributed by atoms with E-state index in [1.807, 2.05) is 12.1 Å². The van der Waals surface area contributed by atoms with E-state index in [-0.39, 0.29) is 0 Å². The van der Waals surface area contributed by atoms with Gasteiger partial charge in [-0.1, -0.05) is 12.1 Å². The Kier molecular flexibility index (Phi) is 5.15. The van der Waals surface area contributed by atoms with Crippen LogP contribution in [0.15, 0.2) is 24.3 Å². The average Bonchev–Trinajstić information content (AvgIpc) is 2.29. The highest BCUT2D eigenvalue weighted by molar-refractivity contribution is 5.28. The van der Waals surface area contributed by atoms with Crippen molar-refractivity contribution in [1.82, 2.24) is 5.32 Å². The van der Waals surface area contributed by atoms with Gasteiger partial charge in [-0.05, 0) is 37.6 Å². The zero-order valence-corrected chi connectivity index (χ0v) is 9.49. The monoisotopic (exact) mass is 208 g/mol. The fraction of sp³-hybridized carbons (Fsp3) is 0.500. The van der Waals surface area contributed by atoms with E-state index in [0.29, 0.717) is 12.6 Å². The molecule has 0 radical (unpaired) electrons. The van der Waals surface area contributed by atoms with Crippen LogP contribution in [0.1, 0.15) is 12.5 Å². The molecule has 0 fully saturated rings. The molecule has 0 heterocycles. The highest BCUT2D eigenvalue weighted by atomic mass is 16.5. The smallest absolute Gasteiger partial charge is 0.119 e. The van der Waals surface area contributed by atoms with Gasteiger partial charge in [0.05, 0.1) is 7.11 Å². The third-order valence-corrected chi connectivity index (χ3v) is 2.39. The molecule has 0 unspecified atom stereocenters. The van der Waals surface area contributed by atoms with Gasteiger partial charge in [0.15, 0.2) is 0 Å². The molecular formula is C12H20N2O. The maximum atomic E-state index is 5.51. The van der Waals surface area contributed by atoms with Gasteiger partial charge in [-0.2, -0.15) is 0 Å². The van der Waals surface area contributed by atoms with E-state index in [1.165, 1.54) is 5.56 Å². The molecular weight excluding hydrogens is 188 g/mol. The minimum absolute atomic E-state index is 0.385. The molecule has 1 aromatic carbocycles. The molecule has 0 spiro atoms. The molecule has 15 heavy (non-hydrogen) atoms. The molecule has 0 aliphatic heterocycles. The van der Waals surface area contributed by atoms with Crippen LogP contribution in [-0.4, -0.2) is 26.2 Å². The zero-order chi connectivity index (χ0) is 11.1. The molecule has 1 rings (SSSR count). The summed E-state index contributed by atoms with van der Waals surface area (Å²) in [4.78, 5) is 0. The molecule has 0 aromatic heterocycles. The van der Waals surface area contributed by atoms with Gasteiger partial charge in [0, 0.05) is 12.6 Å². The normalized spacial score (nSPS) is 12.5. The Morgan fingerprint density at radius 2 is 2.27 bits per heavy atom. The molecule has 0 saturated carbocycles. The van der Waals surface area contributed by atoms with Crippen molar-refractivity contribution in [3.8, 4) is 5.75 Å². The third kappa shape index (κ3) is 4.32. The van der Waals surface area contributed by atoms with Crippen molar-refractivity contribution in [1.29, 1.82) is 0 Å². The van der Waals surface area contributed by atoms with Crippen molar-refractivity contribution in [2.75, 3.05) is 20.2 Å². The summed E-state index contributed by atoms with van der Waals surface area (Å²) < 4.78 is 5.16. The molecule has 1 aromatic rings. The quantitative estimate of drug-likeness (QED) is 0.738. The van der Waals surface area contributed by atoms with Crippen molar-refractivity contribution in [2.24, 2.45) is 5.73 Å². The second kappa shape index (κ2) is 6.43. The third-order valence-electron chi connectivity index (χ3n) is 2.39. The van der Waals surface area contributed by atoms with Gasteiger partial charge in [0.2, 0.25) is 0 Å². The molecule has 0 saturated heterocycles. The summed E-state index contributed by atoms with van der Waals surface area (Å²) in [6.45, 7) is 3.72. The summed E-state index contributed by atoms with van der Waals surface area (Å²) in [6.07, 6.45) is 1.00. The largest absolute Gasteiger partial charge is 0.497 e. The van der Waals surface area contributed by atoms with Gasteiger partial charge in [-0.3, -0.25) is 0 Å². The Hall–Kier alpha value is -1.06. The van der Waals surface area contributed by atoms with Gasteiger partial charge in [0.25, 0.3) is 0 Å². The number of nitrogens with one attached hydrogen (secondary N) is 1. The van der Waals surface area contributed by atoms with E-state index in [2.05, 4.69) is 24.4 Å². The van der Waals surface area contributed by atoms with Crippen LogP contribution in [0.5, 0.6) is 5.75 Å². The van der Waals surface area contributed by atoms with Gasteiger partial charge < -0.3 is 15.8 Å². The second-order valence-electron chi connectivity index (χ2n) is 3.69. The zero-order valence-electron chi connectivity index (χ0n) is 9.49. The predicted octanol–water partition coefficient (Wildman–Crippen LogP) is 1.17. The average molecular weight is 208 g/mol. The minimum Gasteiger partial charge on any atom is -0.497 e. The standard InChI is InChI=1S/C12H20N2O/c1-10(9-13)14-7-6-11-4-3-5-12(8-11)15-2/h3-5,8,10,14H,6-7,9,13H2,1-2H3/t10-/m1/s1. The highest BCUT2D eigenvalue weighted by Crippen LogP contribution is 2.12. The van der Waals surface area contributed by atoms with Crippen LogP contribution in [0, 0.1) is 0 Å². The number of ether oxygens (including phenoxy) is 1. The van der Waals surface area contributed by atoms with Crippen molar-refractivity contribution in [3.63, 3.8) is 0 Å². The van der Waals surface area contributed by atoms with Crippen molar-refractivity contribution >= 4 is 0 Å². The molecule has 84 valence electrons. The molecule has 0 aliphatic rings. The lowest BCUT2D eigenvalue weighted by Crippen LogP contribution is -2.34. The molecule has 0 aliphatic carbocycles. The lowest BCUT2D eigenvalue weighted by atomic mass is 10.1. The van der Waals surface area contributed by atoms with Crippen LogP contribution in [0.3, 0.4) is 0 Å². The lowest BCUT2D eigenvalue weighted by molar-refractivity contribution is 0.414. The van der Waals surface area contributed by atoms with Crippen molar-refractivity contribution in [2.45, 2.75) is 19.4 Å². The van der Waals surface area contributed by atoms with E-state index in [9.17, 15) is 0 Å². The van der Waals surface area contributed by atoms with Gasteiger partial charge in [0.1, 0.15) is 5.75 Å². The number of nitrogens with two attached hydrogens (primary N) is 1. The summed E-state index contributed by atoms with van der Waals surface area (Å²) in [5, 5.41) is 3.35. The molecule has 0 bridgehead atoms. The maximum Gasteiger partial charge on any atom is 0.119 e. The van der Waals surface area contributed by atoms with Crippen LogP contribution in [0.25, 0.3) is 0 Å². The van der Waals surface area contributed by atoms with E-state index < -0.39 is 0 Å². The second-order valence-corrected chi connectivity index (χ2v) is 3.69. The van der Waals surface area contributed by atoms with E-state index in [1.54, 1.807) is 7.11 Å². The minimum atomic E-state index is 0.385. The Morgan fingerprint density at radius 1 is 1.47 bits per heavy atom. The van der Waals surface area contributed by atoms with Gasteiger partial charge >= 0.3 is 0 Å². The maximum absolute atomic E-state index is 5.51. The van der Waals surface area contributed by atoms with Crippen LogP contribution in [0.2, 0.25) is 0 Å². The van der Waals surface area contributed by atoms with Crippen molar-refractivity contribution < 1.29 is 4.74 Å². The molecule has 3 nitrogen and oxygen atoms in total. The molecule has 3 heteroatoms. The number of benzene rings is 1. The highest BCUT2D eigenvalue weighted by Gasteiger charge is 1.98. The van der Waals surface area contributed by atoms with Crippen molar-refractivity contribution in [3.05, 3.63) is 29.8 Å². The molecule has 0 amide bonds. The van der Waals surface area contributed by atoms with E-state index in [0.717, 1.165) is 18.7 Å².